The summed E-state index contributed by atoms with van der Waals surface area (Å²) in [4.78, 5) is 12.8. The summed E-state index contributed by atoms with van der Waals surface area (Å²) in [6.07, 6.45) is 0. The van der Waals surface area contributed by atoms with Crippen LogP contribution in [0.3, 0.4) is 0 Å². The van der Waals surface area contributed by atoms with Gasteiger partial charge in [0, 0.05) is 19.5 Å². The highest BCUT2D eigenvalue weighted by molar-refractivity contribution is 9.11. The number of nitrogens with one attached hydrogen (secondary N) is 1. The van der Waals surface area contributed by atoms with Gasteiger partial charge in [-0.1, -0.05) is 28.1 Å². The third-order valence-electron chi connectivity index (χ3n) is 2.48. The minimum Gasteiger partial charge on any atom is -0.398 e. The third kappa shape index (κ3) is 4.26. The molecule has 0 spiro atoms. The fraction of sp³-hybridized carbons (Fsp3) is 0.0714. The second kappa shape index (κ2) is 7.15. The maximum absolute atomic E-state index is 11.9. The highest BCUT2D eigenvalue weighted by Crippen LogP contribution is 2.27. The smallest absolute Gasteiger partial charge is 0.234 e. The SMILES string of the molecule is Nc1ccccc1SCC(=O)Nc1ccc(Br)cc1Br. The van der Waals surface area contributed by atoms with E-state index in [-0.39, 0.29) is 5.91 Å². The Hall–Kier alpha value is -0.980. The molecule has 2 rings (SSSR count). The Bertz CT molecular complexity index is 634. The highest BCUT2D eigenvalue weighted by Gasteiger charge is 2.07. The zero-order chi connectivity index (χ0) is 14.5. The number of benzene rings is 2. The molecule has 104 valence electrons. The average molecular weight is 416 g/mol. The van der Waals surface area contributed by atoms with Crippen molar-refractivity contribution in [2.24, 2.45) is 0 Å². The number of carbonyl (C=O) groups excluding carboxylic acids is 1. The van der Waals surface area contributed by atoms with Crippen LogP contribution in [-0.2, 0) is 4.79 Å². The Morgan fingerprint density at radius 3 is 2.65 bits per heavy atom. The van der Waals surface area contributed by atoms with Crippen molar-refractivity contribution in [2.45, 2.75) is 4.90 Å². The summed E-state index contributed by atoms with van der Waals surface area (Å²) in [5, 5.41) is 2.86. The summed E-state index contributed by atoms with van der Waals surface area (Å²) < 4.78 is 1.79. The molecule has 3 nitrogen and oxygen atoms in total. The Labute approximate surface area is 138 Å². The number of anilines is 2. The number of hydrogen-bond acceptors (Lipinski definition) is 3. The lowest BCUT2D eigenvalue weighted by molar-refractivity contribution is -0.113. The number of nitrogen functional groups attached to an aromatic ring is 1. The zero-order valence-electron chi connectivity index (χ0n) is 10.4. The summed E-state index contributed by atoms with van der Waals surface area (Å²) in [6.45, 7) is 0. The van der Waals surface area contributed by atoms with E-state index in [4.69, 9.17) is 5.73 Å². The van der Waals surface area contributed by atoms with Crippen molar-refractivity contribution in [3.05, 3.63) is 51.4 Å². The molecule has 0 saturated carbocycles. The van der Waals surface area contributed by atoms with E-state index in [1.807, 2.05) is 42.5 Å². The molecule has 0 aliphatic rings. The van der Waals surface area contributed by atoms with Gasteiger partial charge in [-0.05, 0) is 46.3 Å². The van der Waals surface area contributed by atoms with Crippen molar-refractivity contribution in [1.29, 1.82) is 0 Å². The van der Waals surface area contributed by atoms with Crippen LogP contribution in [0, 0.1) is 0 Å². The molecule has 0 saturated heterocycles. The van der Waals surface area contributed by atoms with Gasteiger partial charge < -0.3 is 11.1 Å². The first-order chi connectivity index (χ1) is 9.56. The van der Waals surface area contributed by atoms with Crippen LogP contribution in [0.2, 0.25) is 0 Å². The summed E-state index contributed by atoms with van der Waals surface area (Å²) in [5.74, 6) is 0.248. The van der Waals surface area contributed by atoms with Gasteiger partial charge in [0.15, 0.2) is 0 Å². The molecule has 2 aromatic rings. The van der Waals surface area contributed by atoms with Gasteiger partial charge in [0.1, 0.15) is 0 Å². The van der Waals surface area contributed by atoms with E-state index in [1.165, 1.54) is 11.8 Å². The molecule has 0 heterocycles. The third-order valence-corrected chi connectivity index (χ3v) is 4.72. The fourth-order valence-corrected chi connectivity index (χ4v) is 3.45. The molecule has 1 amide bonds. The van der Waals surface area contributed by atoms with E-state index in [2.05, 4.69) is 37.2 Å². The van der Waals surface area contributed by atoms with Crippen molar-refractivity contribution >= 4 is 60.9 Å². The summed E-state index contributed by atoms with van der Waals surface area (Å²) in [5.41, 5.74) is 7.27. The molecule has 0 radical (unpaired) electrons. The first kappa shape index (κ1) is 15.4. The van der Waals surface area contributed by atoms with Gasteiger partial charge in [-0.25, -0.2) is 0 Å². The van der Waals surface area contributed by atoms with Crippen LogP contribution in [0.5, 0.6) is 0 Å². The number of nitrogens with two attached hydrogens (primary N) is 1. The van der Waals surface area contributed by atoms with Crippen LogP contribution in [0.15, 0.2) is 56.3 Å². The van der Waals surface area contributed by atoms with Crippen LogP contribution in [0.1, 0.15) is 0 Å². The minimum atomic E-state index is -0.0683. The predicted octanol–water partition coefficient (Wildman–Crippen LogP) is 4.52. The maximum atomic E-state index is 11.9. The molecule has 6 heteroatoms. The molecule has 0 aliphatic heterocycles. The maximum Gasteiger partial charge on any atom is 0.234 e. The van der Waals surface area contributed by atoms with Crippen LogP contribution in [-0.4, -0.2) is 11.7 Å². The normalized spacial score (nSPS) is 10.3. The van der Waals surface area contributed by atoms with Crippen molar-refractivity contribution in [3.8, 4) is 0 Å². The first-order valence-electron chi connectivity index (χ1n) is 5.78. The van der Waals surface area contributed by atoms with Gasteiger partial charge in [0.05, 0.1) is 11.4 Å². The standard InChI is InChI=1S/C14H12Br2N2OS/c15-9-5-6-12(10(16)7-9)18-14(19)8-20-13-4-2-1-3-11(13)17/h1-7H,8,17H2,(H,18,19). The molecule has 2 aromatic carbocycles. The van der Waals surface area contributed by atoms with Crippen LogP contribution >= 0.6 is 43.6 Å². The zero-order valence-corrected chi connectivity index (χ0v) is 14.4. The number of carbonyl (C=O) groups is 1. The number of halogens is 2. The summed E-state index contributed by atoms with van der Waals surface area (Å²) in [7, 11) is 0. The van der Waals surface area contributed by atoms with E-state index < -0.39 is 0 Å². The molecule has 0 aliphatic carbocycles. The summed E-state index contributed by atoms with van der Waals surface area (Å²) in [6, 6.07) is 13.1. The average Bonchev–Trinajstić information content (AvgIpc) is 2.41. The summed E-state index contributed by atoms with van der Waals surface area (Å²) >= 11 is 8.20. The molecule has 0 unspecified atom stereocenters. The van der Waals surface area contributed by atoms with Gasteiger partial charge in [0.2, 0.25) is 5.91 Å². The van der Waals surface area contributed by atoms with Gasteiger partial charge in [0.25, 0.3) is 0 Å². The molecular formula is C14H12Br2N2OS. The Kier molecular flexibility index (Phi) is 5.51. The van der Waals surface area contributed by atoms with Crippen LogP contribution < -0.4 is 11.1 Å². The molecular weight excluding hydrogens is 404 g/mol. The van der Waals surface area contributed by atoms with Crippen molar-refractivity contribution in [3.63, 3.8) is 0 Å². The molecule has 0 bridgehead atoms. The van der Waals surface area contributed by atoms with E-state index in [1.54, 1.807) is 0 Å². The molecule has 0 fully saturated rings. The largest absolute Gasteiger partial charge is 0.398 e. The number of rotatable bonds is 4. The Balaban J connectivity index is 1.94. The monoisotopic (exact) mass is 414 g/mol. The first-order valence-corrected chi connectivity index (χ1v) is 8.35. The lowest BCUT2D eigenvalue weighted by Gasteiger charge is -2.08. The molecule has 0 atom stereocenters. The lowest BCUT2D eigenvalue weighted by atomic mass is 10.3. The van der Waals surface area contributed by atoms with E-state index >= 15 is 0 Å². The lowest BCUT2D eigenvalue weighted by Crippen LogP contribution is -2.14. The second-order valence-corrected chi connectivity index (χ2v) is 6.79. The fourth-order valence-electron chi connectivity index (χ4n) is 1.53. The molecule has 3 N–H and O–H groups in total. The van der Waals surface area contributed by atoms with E-state index in [0.29, 0.717) is 11.4 Å². The second-order valence-electron chi connectivity index (χ2n) is 4.00. The molecule has 20 heavy (non-hydrogen) atoms. The van der Waals surface area contributed by atoms with Crippen molar-refractivity contribution < 1.29 is 4.79 Å². The van der Waals surface area contributed by atoms with Gasteiger partial charge >= 0.3 is 0 Å². The van der Waals surface area contributed by atoms with Crippen molar-refractivity contribution in [1.82, 2.24) is 0 Å². The highest BCUT2D eigenvalue weighted by atomic mass is 79.9. The van der Waals surface area contributed by atoms with Crippen LogP contribution in [0.4, 0.5) is 11.4 Å². The number of amides is 1. The Morgan fingerprint density at radius 1 is 1.20 bits per heavy atom. The molecule has 0 aromatic heterocycles. The minimum absolute atomic E-state index is 0.0683. The number of para-hydroxylation sites is 1. The Morgan fingerprint density at radius 2 is 1.95 bits per heavy atom. The number of thioether (sulfide) groups is 1. The van der Waals surface area contributed by atoms with Gasteiger partial charge in [-0.3, -0.25) is 4.79 Å². The topological polar surface area (TPSA) is 55.1 Å². The number of hydrogen-bond donors (Lipinski definition) is 2. The quantitative estimate of drug-likeness (QED) is 0.569. The van der Waals surface area contributed by atoms with Gasteiger partial charge in [-0.15, -0.1) is 11.8 Å². The van der Waals surface area contributed by atoms with E-state index in [0.717, 1.165) is 19.5 Å². The van der Waals surface area contributed by atoms with E-state index in [9.17, 15) is 4.79 Å². The van der Waals surface area contributed by atoms with Crippen molar-refractivity contribution in [2.75, 3.05) is 16.8 Å². The van der Waals surface area contributed by atoms with Gasteiger partial charge in [-0.2, -0.15) is 0 Å². The van der Waals surface area contributed by atoms with Crippen LogP contribution in [0.25, 0.3) is 0 Å². The predicted molar refractivity (Wildman–Crippen MR) is 92.1 cm³/mol.